The van der Waals surface area contributed by atoms with Gasteiger partial charge < -0.3 is 9.47 Å². The first-order valence-corrected chi connectivity index (χ1v) is 8.47. The quantitative estimate of drug-likeness (QED) is 0.700. The van der Waals surface area contributed by atoms with Gasteiger partial charge in [0.1, 0.15) is 11.4 Å². The number of carbonyl (C=O) groups excluding carboxylic acids is 1. The molecule has 0 saturated carbocycles. The van der Waals surface area contributed by atoms with Crippen LogP contribution in [0.15, 0.2) is 53.0 Å². The molecule has 2 rings (SSSR count). The second-order valence-corrected chi connectivity index (χ2v) is 7.31. The predicted octanol–water partition coefficient (Wildman–Crippen LogP) is 5.40. The summed E-state index contributed by atoms with van der Waals surface area (Å²) in [6, 6.07) is 15.2. The van der Waals surface area contributed by atoms with Crippen molar-refractivity contribution in [2.24, 2.45) is 0 Å². The van der Waals surface area contributed by atoms with Crippen LogP contribution < -0.4 is 9.64 Å². The molecule has 0 aliphatic heterocycles. The number of amides is 1. The molecule has 0 heterocycles. The topological polar surface area (TPSA) is 38.8 Å². The van der Waals surface area contributed by atoms with Gasteiger partial charge in [0.25, 0.3) is 0 Å². The Hall–Kier alpha value is -2.01. The molecule has 0 N–H and O–H groups in total. The highest BCUT2D eigenvalue weighted by Gasteiger charge is 2.23. The fourth-order valence-electron chi connectivity index (χ4n) is 2.11. The van der Waals surface area contributed by atoms with Crippen molar-refractivity contribution in [2.45, 2.75) is 32.9 Å². The van der Waals surface area contributed by atoms with Gasteiger partial charge in [0, 0.05) is 10.2 Å². The van der Waals surface area contributed by atoms with Gasteiger partial charge in [-0.2, -0.15) is 0 Å². The van der Waals surface area contributed by atoms with Gasteiger partial charge in [0.05, 0.1) is 13.7 Å². The molecule has 0 atom stereocenters. The number of benzene rings is 2. The van der Waals surface area contributed by atoms with Crippen molar-refractivity contribution >= 4 is 27.7 Å². The normalized spacial score (nSPS) is 11.0. The Labute approximate surface area is 151 Å². The zero-order valence-corrected chi connectivity index (χ0v) is 16.0. The third-order valence-corrected chi connectivity index (χ3v) is 3.78. The second kappa shape index (κ2) is 7.71. The van der Waals surface area contributed by atoms with Crippen LogP contribution in [0.5, 0.6) is 5.75 Å². The van der Waals surface area contributed by atoms with E-state index >= 15 is 0 Å². The molecular weight excluding hydrogens is 370 g/mol. The molecule has 0 aromatic heterocycles. The summed E-state index contributed by atoms with van der Waals surface area (Å²) in [6.45, 7) is 5.99. The lowest BCUT2D eigenvalue weighted by molar-refractivity contribution is 0.0577. The second-order valence-electron chi connectivity index (χ2n) is 6.39. The van der Waals surface area contributed by atoms with Crippen molar-refractivity contribution in [3.05, 3.63) is 58.6 Å². The van der Waals surface area contributed by atoms with Crippen molar-refractivity contribution in [1.29, 1.82) is 0 Å². The molecule has 0 unspecified atom stereocenters. The molecule has 1 amide bonds. The van der Waals surface area contributed by atoms with E-state index in [9.17, 15) is 4.79 Å². The van der Waals surface area contributed by atoms with E-state index in [2.05, 4.69) is 15.9 Å². The van der Waals surface area contributed by atoms with Gasteiger partial charge in [-0.3, -0.25) is 4.90 Å². The number of hydrogen-bond acceptors (Lipinski definition) is 3. The Bertz CT molecular complexity index is 675. The highest BCUT2D eigenvalue weighted by molar-refractivity contribution is 9.10. The van der Waals surface area contributed by atoms with Gasteiger partial charge >= 0.3 is 6.09 Å². The number of nitrogens with zero attached hydrogens (tertiary/aromatic N) is 1. The highest BCUT2D eigenvalue weighted by atomic mass is 79.9. The van der Waals surface area contributed by atoms with Crippen LogP contribution in [0.2, 0.25) is 0 Å². The third kappa shape index (κ3) is 5.27. The van der Waals surface area contributed by atoms with Gasteiger partial charge in [-0.1, -0.05) is 28.1 Å². The summed E-state index contributed by atoms with van der Waals surface area (Å²) in [6.07, 6.45) is -0.374. The fraction of sp³-hybridized carbons (Fsp3) is 0.316. The maximum Gasteiger partial charge on any atom is 0.415 e. The molecule has 0 aliphatic rings. The van der Waals surface area contributed by atoms with Crippen LogP contribution in [0.4, 0.5) is 10.5 Å². The highest BCUT2D eigenvalue weighted by Crippen LogP contribution is 2.23. The van der Waals surface area contributed by atoms with Crippen molar-refractivity contribution in [2.75, 3.05) is 12.0 Å². The lowest BCUT2D eigenvalue weighted by Gasteiger charge is -2.27. The first kappa shape index (κ1) is 18.3. The monoisotopic (exact) mass is 391 g/mol. The SMILES string of the molecule is COc1ccc(CN(C(=O)OC(C)(C)C)c2ccc(Br)cc2)cc1. The summed E-state index contributed by atoms with van der Waals surface area (Å²) in [7, 11) is 1.63. The Morgan fingerprint density at radius 1 is 1.04 bits per heavy atom. The van der Waals surface area contributed by atoms with Crippen molar-refractivity contribution in [3.8, 4) is 5.75 Å². The molecule has 0 radical (unpaired) electrons. The summed E-state index contributed by atoms with van der Waals surface area (Å²) in [5.41, 5.74) is 1.22. The smallest absolute Gasteiger partial charge is 0.415 e. The molecule has 5 heteroatoms. The number of ether oxygens (including phenoxy) is 2. The van der Waals surface area contributed by atoms with Gasteiger partial charge in [-0.15, -0.1) is 0 Å². The molecule has 0 bridgehead atoms. The number of methoxy groups -OCH3 is 1. The van der Waals surface area contributed by atoms with Crippen LogP contribution in [-0.2, 0) is 11.3 Å². The van der Waals surface area contributed by atoms with E-state index in [0.717, 1.165) is 21.5 Å². The number of carbonyl (C=O) groups is 1. The summed E-state index contributed by atoms with van der Waals surface area (Å²) < 4.78 is 11.7. The minimum atomic E-state index is -0.551. The van der Waals surface area contributed by atoms with Gasteiger partial charge in [0.2, 0.25) is 0 Å². The molecule has 2 aromatic rings. The number of hydrogen-bond donors (Lipinski definition) is 0. The van der Waals surface area contributed by atoms with E-state index in [1.54, 1.807) is 12.0 Å². The minimum absolute atomic E-state index is 0.374. The average Bonchev–Trinajstić information content (AvgIpc) is 2.52. The van der Waals surface area contributed by atoms with Crippen LogP contribution >= 0.6 is 15.9 Å². The average molecular weight is 392 g/mol. The standard InChI is InChI=1S/C19H22BrNO3/c1-19(2,3)24-18(22)21(16-9-7-15(20)8-10-16)13-14-5-11-17(23-4)12-6-14/h5-12H,13H2,1-4H3. The van der Waals surface area contributed by atoms with E-state index in [1.807, 2.05) is 69.3 Å². The fourth-order valence-corrected chi connectivity index (χ4v) is 2.38. The van der Waals surface area contributed by atoms with Crippen LogP contribution in [-0.4, -0.2) is 18.8 Å². The molecule has 128 valence electrons. The van der Waals surface area contributed by atoms with E-state index in [4.69, 9.17) is 9.47 Å². The lowest BCUT2D eigenvalue weighted by atomic mass is 10.2. The molecule has 0 aliphatic carbocycles. The summed E-state index contributed by atoms with van der Waals surface area (Å²) >= 11 is 3.41. The summed E-state index contributed by atoms with van der Waals surface area (Å²) in [5.74, 6) is 0.784. The number of rotatable bonds is 4. The Kier molecular flexibility index (Phi) is 5.89. The maximum absolute atomic E-state index is 12.6. The van der Waals surface area contributed by atoms with Crippen LogP contribution in [0.25, 0.3) is 0 Å². The van der Waals surface area contributed by atoms with Gasteiger partial charge in [0.15, 0.2) is 0 Å². The molecule has 0 saturated heterocycles. The first-order chi connectivity index (χ1) is 11.3. The van der Waals surface area contributed by atoms with E-state index < -0.39 is 5.60 Å². The zero-order valence-electron chi connectivity index (χ0n) is 14.4. The minimum Gasteiger partial charge on any atom is -0.497 e. The first-order valence-electron chi connectivity index (χ1n) is 7.67. The van der Waals surface area contributed by atoms with Crippen molar-refractivity contribution in [1.82, 2.24) is 0 Å². The van der Waals surface area contributed by atoms with Crippen molar-refractivity contribution in [3.63, 3.8) is 0 Å². The van der Waals surface area contributed by atoms with E-state index in [0.29, 0.717) is 6.54 Å². The maximum atomic E-state index is 12.6. The van der Waals surface area contributed by atoms with E-state index in [-0.39, 0.29) is 6.09 Å². The molecule has 2 aromatic carbocycles. The van der Waals surface area contributed by atoms with Crippen LogP contribution in [0, 0.1) is 0 Å². The molecular formula is C19H22BrNO3. The Morgan fingerprint density at radius 2 is 1.62 bits per heavy atom. The zero-order chi connectivity index (χ0) is 17.7. The van der Waals surface area contributed by atoms with E-state index in [1.165, 1.54) is 0 Å². The van der Waals surface area contributed by atoms with Gasteiger partial charge in [-0.25, -0.2) is 4.79 Å². The predicted molar refractivity (Wildman–Crippen MR) is 99.6 cm³/mol. The molecule has 24 heavy (non-hydrogen) atoms. The summed E-state index contributed by atoms with van der Waals surface area (Å²) in [4.78, 5) is 14.3. The van der Waals surface area contributed by atoms with Crippen LogP contribution in [0.1, 0.15) is 26.3 Å². The molecule has 0 fully saturated rings. The van der Waals surface area contributed by atoms with Gasteiger partial charge in [-0.05, 0) is 62.7 Å². The largest absolute Gasteiger partial charge is 0.497 e. The Morgan fingerprint density at radius 3 is 2.12 bits per heavy atom. The number of halogens is 1. The molecule has 0 spiro atoms. The lowest BCUT2D eigenvalue weighted by Crippen LogP contribution is -2.36. The molecule has 4 nitrogen and oxygen atoms in total. The van der Waals surface area contributed by atoms with Crippen LogP contribution in [0.3, 0.4) is 0 Å². The third-order valence-electron chi connectivity index (χ3n) is 3.25. The Balaban J connectivity index is 2.27. The number of anilines is 1. The van der Waals surface area contributed by atoms with Crippen molar-refractivity contribution < 1.29 is 14.3 Å². The summed E-state index contributed by atoms with van der Waals surface area (Å²) in [5, 5.41) is 0.